The second-order valence-electron chi connectivity index (χ2n) is 4.47. The third-order valence-corrected chi connectivity index (χ3v) is 3.19. The van der Waals surface area contributed by atoms with Crippen LogP contribution in [-0.4, -0.2) is 34.0 Å². The van der Waals surface area contributed by atoms with E-state index in [0.717, 1.165) is 5.56 Å². The molecular formula is C14H13N3O2. The van der Waals surface area contributed by atoms with Crippen molar-refractivity contribution >= 4 is 5.91 Å². The quantitative estimate of drug-likeness (QED) is 0.785. The molecule has 1 fully saturated rings. The lowest BCUT2D eigenvalue weighted by atomic mass is 10.00. The minimum atomic E-state index is -0.0564. The molecule has 1 amide bonds. The van der Waals surface area contributed by atoms with Gasteiger partial charge in [-0.15, -0.1) is 0 Å². The van der Waals surface area contributed by atoms with Crippen LogP contribution in [0.4, 0.5) is 0 Å². The van der Waals surface area contributed by atoms with Crippen LogP contribution in [0.15, 0.2) is 47.5 Å². The predicted octanol–water partition coefficient (Wildman–Crippen LogP) is 1.85. The molecule has 1 saturated heterocycles. The Morgan fingerprint density at radius 3 is 2.79 bits per heavy atom. The summed E-state index contributed by atoms with van der Waals surface area (Å²) in [7, 11) is 0. The Kier molecular flexibility index (Phi) is 2.87. The third-order valence-electron chi connectivity index (χ3n) is 3.19. The lowest BCUT2D eigenvalue weighted by Crippen LogP contribution is -2.47. The molecule has 3 rings (SSSR count). The molecule has 0 N–H and O–H groups in total. The fourth-order valence-corrected chi connectivity index (χ4v) is 2.05. The molecule has 19 heavy (non-hydrogen) atoms. The van der Waals surface area contributed by atoms with Crippen molar-refractivity contribution in [2.24, 2.45) is 0 Å². The summed E-state index contributed by atoms with van der Waals surface area (Å²) in [4.78, 5) is 17.4. The summed E-state index contributed by atoms with van der Waals surface area (Å²) in [6, 6.07) is 9.67. The van der Waals surface area contributed by atoms with Gasteiger partial charge in [-0.2, -0.15) is 4.98 Å². The maximum Gasteiger partial charge on any atom is 0.246 e. The highest BCUT2D eigenvalue weighted by atomic mass is 16.5. The zero-order valence-electron chi connectivity index (χ0n) is 10.3. The average molecular weight is 255 g/mol. The van der Waals surface area contributed by atoms with Gasteiger partial charge < -0.3 is 9.42 Å². The van der Waals surface area contributed by atoms with Crippen LogP contribution in [0.2, 0.25) is 0 Å². The van der Waals surface area contributed by atoms with Crippen LogP contribution in [0.5, 0.6) is 0 Å². The summed E-state index contributed by atoms with van der Waals surface area (Å²) < 4.78 is 5.26. The summed E-state index contributed by atoms with van der Waals surface area (Å²) in [5.41, 5.74) is 0.927. The fourth-order valence-electron chi connectivity index (χ4n) is 2.05. The monoisotopic (exact) mass is 255 g/mol. The van der Waals surface area contributed by atoms with E-state index in [1.165, 1.54) is 6.08 Å². The molecule has 1 aromatic heterocycles. The Labute approximate surface area is 110 Å². The van der Waals surface area contributed by atoms with Crippen molar-refractivity contribution in [3.63, 3.8) is 0 Å². The van der Waals surface area contributed by atoms with E-state index in [1.807, 2.05) is 30.3 Å². The molecule has 0 radical (unpaired) electrons. The van der Waals surface area contributed by atoms with Crippen LogP contribution in [0.1, 0.15) is 11.8 Å². The van der Waals surface area contributed by atoms with Crippen LogP contribution in [0.3, 0.4) is 0 Å². The molecule has 1 aromatic carbocycles. The minimum Gasteiger partial charge on any atom is -0.339 e. The first kappa shape index (κ1) is 11.6. The van der Waals surface area contributed by atoms with Crippen LogP contribution in [0, 0.1) is 0 Å². The maximum absolute atomic E-state index is 11.3. The first-order chi connectivity index (χ1) is 9.28. The SMILES string of the molecule is C=CC(=O)N1CC(c2nc(-c3ccccc3)no2)C1. The average Bonchev–Trinajstić information content (AvgIpc) is 2.87. The topological polar surface area (TPSA) is 59.2 Å². The van der Waals surface area contributed by atoms with E-state index in [1.54, 1.807) is 4.90 Å². The van der Waals surface area contributed by atoms with Gasteiger partial charge in [0.15, 0.2) is 0 Å². The molecule has 5 heteroatoms. The number of hydrogen-bond acceptors (Lipinski definition) is 4. The van der Waals surface area contributed by atoms with Crippen molar-refractivity contribution in [3.8, 4) is 11.4 Å². The van der Waals surface area contributed by atoms with E-state index >= 15 is 0 Å². The van der Waals surface area contributed by atoms with Crippen molar-refractivity contribution in [3.05, 3.63) is 48.9 Å². The zero-order valence-corrected chi connectivity index (χ0v) is 10.3. The Bertz CT molecular complexity index is 600. The predicted molar refractivity (Wildman–Crippen MR) is 69.3 cm³/mol. The highest BCUT2D eigenvalue weighted by molar-refractivity contribution is 5.87. The Morgan fingerprint density at radius 1 is 1.37 bits per heavy atom. The normalized spacial score (nSPS) is 15.1. The number of rotatable bonds is 3. The van der Waals surface area contributed by atoms with E-state index in [0.29, 0.717) is 24.8 Å². The molecular weight excluding hydrogens is 242 g/mol. The van der Waals surface area contributed by atoms with Gasteiger partial charge in [-0.1, -0.05) is 42.1 Å². The van der Waals surface area contributed by atoms with Gasteiger partial charge in [0, 0.05) is 18.7 Å². The molecule has 96 valence electrons. The van der Waals surface area contributed by atoms with Crippen molar-refractivity contribution in [2.75, 3.05) is 13.1 Å². The number of carbonyl (C=O) groups is 1. The molecule has 0 atom stereocenters. The second kappa shape index (κ2) is 4.68. The van der Waals surface area contributed by atoms with Crippen LogP contribution < -0.4 is 0 Å². The Balaban J connectivity index is 1.70. The molecule has 0 aliphatic carbocycles. The van der Waals surface area contributed by atoms with Crippen molar-refractivity contribution in [1.82, 2.24) is 15.0 Å². The molecule has 1 aliphatic heterocycles. The Morgan fingerprint density at radius 2 is 2.11 bits per heavy atom. The van der Waals surface area contributed by atoms with Crippen LogP contribution >= 0.6 is 0 Å². The number of likely N-dealkylation sites (tertiary alicyclic amines) is 1. The van der Waals surface area contributed by atoms with Crippen LogP contribution in [0.25, 0.3) is 11.4 Å². The van der Waals surface area contributed by atoms with Gasteiger partial charge >= 0.3 is 0 Å². The lowest BCUT2D eigenvalue weighted by molar-refractivity contribution is -0.130. The summed E-state index contributed by atoms with van der Waals surface area (Å²) in [5.74, 6) is 1.25. The standard InChI is InChI=1S/C14H13N3O2/c1-2-12(18)17-8-11(9-17)14-15-13(16-19-14)10-6-4-3-5-7-10/h2-7,11H,1,8-9H2. The van der Waals surface area contributed by atoms with E-state index in [9.17, 15) is 4.79 Å². The van der Waals surface area contributed by atoms with Crippen molar-refractivity contribution < 1.29 is 9.32 Å². The van der Waals surface area contributed by atoms with Crippen LogP contribution in [-0.2, 0) is 4.79 Å². The minimum absolute atomic E-state index is 0.0564. The number of amides is 1. The third kappa shape index (κ3) is 2.14. The number of aromatic nitrogens is 2. The molecule has 0 unspecified atom stereocenters. The number of nitrogens with zero attached hydrogens (tertiary/aromatic N) is 3. The van der Waals surface area contributed by atoms with Gasteiger partial charge in [0.2, 0.25) is 17.6 Å². The van der Waals surface area contributed by atoms with Gasteiger partial charge in [-0.3, -0.25) is 4.79 Å². The molecule has 0 bridgehead atoms. The molecule has 0 saturated carbocycles. The van der Waals surface area contributed by atoms with Gasteiger partial charge in [0.25, 0.3) is 0 Å². The molecule has 0 spiro atoms. The zero-order chi connectivity index (χ0) is 13.2. The molecule has 1 aliphatic rings. The summed E-state index contributed by atoms with van der Waals surface area (Å²) in [6.07, 6.45) is 1.32. The van der Waals surface area contributed by atoms with E-state index in [2.05, 4.69) is 16.7 Å². The first-order valence-corrected chi connectivity index (χ1v) is 6.08. The number of hydrogen-bond donors (Lipinski definition) is 0. The Hall–Kier alpha value is -2.43. The second-order valence-corrected chi connectivity index (χ2v) is 4.47. The van der Waals surface area contributed by atoms with Crippen molar-refractivity contribution in [2.45, 2.75) is 5.92 Å². The number of carbonyl (C=O) groups excluding carboxylic acids is 1. The molecule has 2 heterocycles. The first-order valence-electron chi connectivity index (χ1n) is 6.08. The van der Waals surface area contributed by atoms with E-state index in [-0.39, 0.29) is 11.8 Å². The highest BCUT2D eigenvalue weighted by Gasteiger charge is 2.34. The molecule has 2 aromatic rings. The van der Waals surface area contributed by atoms with Gasteiger partial charge in [-0.05, 0) is 6.08 Å². The smallest absolute Gasteiger partial charge is 0.246 e. The number of benzene rings is 1. The largest absolute Gasteiger partial charge is 0.339 e. The van der Waals surface area contributed by atoms with E-state index < -0.39 is 0 Å². The summed E-state index contributed by atoms with van der Waals surface area (Å²) >= 11 is 0. The lowest BCUT2D eigenvalue weighted by Gasteiger charge is -2.36. The van der Waals surface area contributed by atoms with E-state index in [4.69, 9.17) is 4.52 Å². The van der Waals surface area contributed by atoms with Gasteiger partial charge in [0.1, 0.15) is 0 Å². The highest BCUT2D eigenvalue weighted by Crippen LogP contribution is 2.27. The van der Waals surface area contributed by atoms with Gasteiger partial charge in [-0.25, -0.2) is 0 Å². The van der Waals surface area contributed by atoms with Crippen molar-refractivity contribution in [1.29, 1.82) is 0 Å². The molecule has 5 nitrogen and oxygen atoms in total. The summed E-state index contributed by atoms with van der Waals surface area (Å²) in [6.45, 7) is 4.69. The maximum atomic E-state index is 11.3. The summed E-state index contributed by atoms with van der Waals surface area (Å²) in [5, 5.41) is 3.97. The fraction of sp³-hybridized carbons (Fsp3) is 0.214. The van der Waals surface area contributed by atoms with Gasteiger partial charge in [0.05, 0.1) is 5.92 Å².